The largest absolute Gasteiger partial charge is 0.393 e. The summed E-state index contributed by atoms with van der Waals surface area (Å²) in [6.07, 6.45) is 6.64. The highest BCUT2D eigenvalue weighted by Gasteiger charge is 2.26. The zero-order valence-electron chi connectivity index (χ0n) is 13.0. The second-order valence-electron chi connectivity index (χ2n) is 6.53. The summed E-state index contributed by atoms with van der Waals surface area (Å²) in [7, 11) is 0. The van der Waals surface area contributed by atoms with E-state index < -0.39 is 0 Å². The fourth-order valence-corrected chi connectivity index (χ4v) is 3.38. The van der Waals surface area contributed by atoms with Crippen LogP contribution in [-0.4, -0.2) is 47.1 Å². The number of piperidine rings is 1. The molecular formula is C16H28N2O3. The Bertz CT molecular complexity index is 365. The first-order chi connectivity index (χ1) is 10.1. The van der Waals surface area contributed by atoms with Gasteiger partial charge in [0.2, 0.25) is 11.8 Å². The van der Waals surface area contributed by atoms with Crippen molar-refractivity contribution < 1.29 is 14.7 Å². The second kappa shape index (κ2) is 7.78. The van der Waals surface area contributed by atoms with Gasteiger partial charge in [0.25, 0.3) is 0 Å². The van der Waals surface area contributed by atoms with Gasteiger partial charge in [0.05, 0.1) is 6.10 Å². The summed E-state index contributed by atoms with van der Waals surface area (Å²) < 4.78 is 0. The van der Waals surface area contributed by atoms with Crippen LogP contribution in [0.1, 0.15) is 58.3 Å². The Kier molecular flexibility index (Phi) is 6.03. The van der Waals surface area contributed by atoms with E-state index in [4.69, 9.17) is 0 Å². The van der Waals surface area contributed by atoms with Crippen LogP contribution in [-0.2, 0) is 9.59 Å². The molecule has 0 spiro atoms. The van der Waals surface area contributed by atoms with Crippen molar-refractivity contribution in [3.8, 4) is 0 Å². The number of aliphatic hydroxyl groups is 1. The lowest BCUT2D eigenvalue weighted by molar-refractivity contribution is -0.136. The molecule has 1 saturated heterocycles. The maximum atomic E-state index is 12.2. The molecule has 5 heteroatoms. The lowest BCUT2D eigenvalue weighted by Gasteiger charge is -2.34. The van der Waals surface area contributed by atoms with Gasteiger partial charge in [-0.3, -0.25) is 9.59 Å². The Balaban J connectivity index is 1.69. The van der Waals surface area contributed by atoms with E-state index in [0.717, 1.165) is 32.2 Å². The number of likely N-dealkylation sites (tertiary alicyclic amines) is 1. The number of carbonyl (C=O) groups excluding carboxylic acids is 2. The minimum absolute atomic E-state index is 0.000615. The molecule has 21 heavy (non-hydrogen) atoms. The van der Waals surface area contributed by atoms with Crippen molar-refractivity contribution in [2.45, 2.75) is 70.4 Å². The molecule has 0 bridgehead atoms. The third-order valence-electron chi connectivity index (χ3n) is 4.78. The summed E-state index contributed by atoms with van der Waals surface area (Å²) in [5, 5.41) is 12.7. The van der Waals surface area contributed by atoms with Gasteiger partial charge in [-0.15, -0.1) is 0 Å². The van der Waals surface area contributed by atoms with Crippen LogP contribution < -0.4 is 5.32 Å². The molecule has 0 radical (unpaired) electrons. The van der Waals surface area contributed by atoms with Gasteiger partial charge in [-0.2, -0.15) is 0 Å². The minimum Gasteiger partial charge on any atom is -0.393 e. The van der Waals surface area contributed by atoms with Crippen molar-refractivity contribution >= 4 is 11.8 Å². The van der Waals surface area contributed by atoms with E-state index in [0.29, 0.717) is 12.6 Å². The molecule has 1 aliphatic heterocycles. The summed E-state index contributed by atoms with van der Waals surface area (Å²) >= 11 is 0. The number of hydrogen-bond acceptors (Lipinski definition) is 3. The molecule has 2 atom stereocenters. The van der Waals surface area contributed by atoms with Gasteiger partial charge in [-0.1, -0.05) is 12.8 Å². The number of amides is 2. The summed E-state index contributed by atoms with van der Waals surface area (Å²) in [5.74, 6) is 0.219. The molecule has 1 heterocycles. The number of carbonyl (C=O) groups is 2. The number of nitrogens with one attached hydrogen (secondary N) is 1. The average Bonchev–Trinajstić information content (AvgIpc) is 2.97. The molecule has 0 aromatic rings. The van der Waals surface area contributed by atoms with Gasteiger partial charge in [0.15, 0.2) is 0 Å². The highest BCUT2D eigenvalue weighted by molar-refractivity contribution is 5.84. The molecule has 1 saturated carbocycles. The van der Waals surface area contributed by atoms with Crippen LogP contribution >= 0.6 is 0 Å². The first kappa shape index (κ1) is 16.3. The molecule has 0 aromatic heterocycles. The molecule has 2 unspecified atom stereocenters. The number of hydrogen-bond donors (Lipinski definition) is 2. The molecule has 2 aliphatic rings. The molecule has 1 aliphatic carbocycles. The first-order valence-corrected chi connectivity index (χ1v) is 8.31. The van der Waals surface area contributed by atoms with Gasteiger partial charge in [-0.05, 0) is 32.6 Å². The Hall–Kier alpha value is -1.10. The Labute approximate surface area is 127 Å². The van der Waals surface area contributed by atoms with E-state index in [-0.39, 0.29) is 36.7 Å². The van der Waals surface area contributed by atoms with Crippen LogP contribution in [0.15, 0.2) is 0 Å². The highest BCUT2D eigenvalue weighted by Crippen LogP contribution is 2.21. The summed E-state index contributed by atoms with van der Waals surface area (Å²) in [5.41, 5.74) is 0. The van der Waals surface area contributed by atoms with Gasteiger partial charge < -0.3 is 15.3 Å². The van der Waals surface area contributed by atoms with Crippen LogP contribution in [0.2, 0.25) is 0 Å². The Morgan fingerprint density at radius 3 is 2.57 bits per heavy atom. The van der Waals surface area contributed by atoms with Crippen LogP contribution in [0, 0.1) is 5.92 Å². The molecule has 2 rings (SSSR count). The number of nitrogens with zero attached hydrogens (tertiary/aromatic N) is 1. The molecule has 2 fully saturated rings. The van der Waals surface area contributed by atoms with Crippen LogP contribution in [0.4, 0.5) is 0 Å². The molecule has 2 amide bonds. The zero-order chi connectivity index (χ0) is 15.2. The van der Waals surface area contributed by atoms with Gasteiger partial charge in [0.1, 0.15) is 0 Å². The minimum atomic E-state index is -0.369. The molecule has 0 aromatic carbocycles. The topological polar surface area (TPSA) is 69.6 Å². The standard InChI is InChI=1S/C16H28N2O3/c1-12(19)13-5-4-10-18(11-13)16(21)9-8-15(20)17-14-6-2-3-7-14/h12-14,19H,2-11H2,1H3,(H,17,20). The predicted octanol–water partition coefficient (Wildman–Crippen LogP) is 1.44. The molecular weight excluding hydrogens is 268 g/mol. The number of aliphatic hydroxyl groups excluding tert-OH is 1. The van der Waals surface area contributed by atoms with Crippen molar-refractivity contribution in [1.29, 1.82) is 0 Å². The van der Waals surface area contributed by atoms with E-state index >= 15 is 0 Å². The van der Waals surface area contributed by atoms with Gasteiger partial charge in [-0.25, -0.2) is 0 Å². The quantitative estimate of drug-likeness (QED) is 0.806. The molecule has 120 valence electrons. The SMILES string of the molecule is CC(O)C1CCCN(C(=O)CCC(=O)NC2CCCC2)C1. The lowest BCUT2D eigenvalue weighted by Crippen LogP contribution is -2.43. The zero-order valence-corrected chi connectivity index (χ0v) is 13.0. The highest BCUT2D eigenvalue weighted by atomic mass is 16.3. The average molecular weight is 296 g/mol. The van der Waals surface area contributed by atoms with Crippen molar-refractivity contribution in [2.24, 2.45) is 5.92 Å². The fourth-order valence-electron chi connectivity index (χ4n) is 3.38. The lowest BCUT2D eigenvalue weighted by atomic mass is 9.93. The summed E-state index contributed by atoms with van der Waals surface area (Å²) in [6.45, 7) is 3.17. The Morgan fingerprint density at radius 1 is 1.19 bits per heavy atom. The number of rotatable bonds is 5. The molecule has 5 nitrogen and oxygen atoms in total. The first-order valence-electron chi connectivity index (χ1n) is 8.31. The molecule has 2 N–H and O–H groups in total. The van der Waals surface area contributed by atoms with E-state index in [1.165, 1.54) is 12.8 Å². The predicted molar refractivity (Wildman–Crippen MR) is 80.6 cm³/mol. The van der Waals surface area contributed by atoms with E-state index in [2.05, 4.69) is 5.32 Å². The van der Waals surface area contributed by atoms with Crippen molar-refractivity contribution in [2.75, 3.05) is 13.1 Å². The smallest absolute Gasteiger partial charge is 0.223 e. The van der Waals surface area contributed by atoms with E-state index in [1.807, 2.05) is 4.90 Å². The van der Waals surface area contributed by atoms with Crippen molar-refractivity contribution in [3.63, 3.8) is 0 Å². The van der Waals surface area contributed by atoms with Crippen molar-refractivity contribution in [3.05, 3.63) is 0 Å². The normalized spacial score (nSPS) is 24.9. The Morgan fingerprint density at radius 2 is 1.90 bits per heavy atom. The van der Waals surface area contributed by atoms with E-state index in [1.54, 1.807) is 6.92 Å². The maximum absolute atomic E-state index is 12.2. The van der Waals surface area contributed by atoms with Gasteiger partial charge in [0, 0.05) is 37.9 Å². The van der Waals surface area contributed by atoms with Crippen LogP contribution in [0.3, 0.4) is 0 Å². The monoisotopic (exact) mass is 296 g/mol. The van der Waals surface area contributed by atoms with Crippen LogP contribution in [0.5, 0.6) is 0 Å². The van der Waals surface area contributed by atoms with E-state index in [9.17, 15) is 14.7 Å². The van der Waals surface area contributed by atoms with Gasteiger partial charge >= 0.3 is 0 Å². The maximum Gasteiger partial charge on any atom is 0.223 e. The van der Waals surface area contributed by atoms with Crippen LogP contribution in [0.25, 0.3) is 0 Å². The van der Waals surface area contributed by atoms with Crippen molar-refractivity contribution in [1.82, 2.24) is 10.2 Å². The second-order valence-corrected chi connectivity index (χ2v) is 6.53. The summed E-state index contributed by atoms with van der Waals surface area (Å²) in [6, 6.07) is 0.321. The third kappa shape index (κ3) is 4.99. The summed E-state index contributed by atoms with van der Waals surface area (Å²) in [4.78, 5) is 25.8. The fraction of sp³-hybridized carbons (Fsp3) is 0.875. The third-order valence-corrected chi connectivity index (χ3v) is 4.78.